The van der Waals surface area contributed by atoms with Gasteiger partial charge in [0.2, 0.25) is 5.91 Å². The predicted molar refractivity (Wildman–Crippen MR) is 53.2 cm³/mol. The van der Waals surface area contributed by atoms with Gasteiger partial charge in [0, 0.05) is 25.0 Å². The minimum absolute atomic E-state index is 0.0978. The topological polar surface area (TPSA) is 46.3 Å². The summed E-state index contributed by atoms with van der Waals surface area (Å²) in [7, 11) is 0. The van der Waals surface area contributed by atoms with Gasteiger partial charge in [0.1, 0.15) is 0 Å². The number of rotatable bonds is 1. The van der Waals surface area contributed by atoms with E-state index in [4.69, 9.17) is 5.73 Å². The van der Waals surface area contributed by atoms with E-state index in [1.165, 1.54) is 0 Å². The highest BCUT2D eigenvalue weighted by Crippen LogP contribution is 2.16. The van der Waals surface area contributed by atoms with Crippen LogP contribution >= 0.6 is 0 Å². The molecule has 0 saturated carbocycles. The summed E-state index contributed by atoms with van der Waals surface area (Å²) < 4.78 is 0. The molecule has 76 valence electrons. The maximum absolute atomic E-state index is 11.6. The molecular formula is C10H20N2O. The Bertz CT molecular complexity index is 191. The first kappa shape index (κ1) is 10.5. The van der Waals surface area contributed by atoms with Crippen LogP contribution in [0.3, 0.4) is 0 Å². The third-order valence-corrected chi connectivity index (χ3v) is 2.82. The van der Waals surface area contributed by atoms with Crippen molar-refractivity contribution in [2.24, 2.45) is 17.6 Å². The molecule has 3 heteroatoms. The Morgan fingerprint density at radius 3 is 2.62 bits per heavy atom. The number of likely N-dealkylation sites (tertiary alicyclic amines) is 1. The fraction of sp³-hybridized carbons (Fsp3) is 0.900. The van der Waals surface area contributed by atoms with Gasteiger partial charge >= 0.3 is 0 Å². The van der Waals surface area contributed by atoms with E-state index >= 15 is 0 Å². The van der Waals surface area contributed by atoms with Crippen molar-refractivity contribution in [2.45, 2.75) is 33.2 Å². The van der Waals surface area contributed by atoms with Gasteiger partial charge in [-0.25, -0.2) is 0 Å². The molecule has 1 amide bonds. The first-order valence-corrected chi connectivity index (χ1v) is 5.06. The molecule has 0 spiro atoms. The number of hydrogen-bond acceptors (Lipinski definition) is 2. The molecule has 0 aliphatic carbocycles. The third-order valence-electron chi connectivity index (χ3n) is 2.82. The molecule has 1 saturated heterocycles. The van der Waals surface area contributed by atoms with Crippen LogP contribution in [0, 0.1) is 11.8 Å². The first-order valence-electron chi connectivity index (χ1n) is 5.06. The first-order chi connectivity index (χ1) is 6.02. The van der Waals surface area contributed by atoms with E-state index in [-0.39, 0.29) is 17.9 Å². The van der Waals surface area contributed by atoms with E-state index in [0.717, 1.165) is 19.5 Å². The molecule has 3 nitrogen and oxygen atoms in total. The molecule has 13 heavy (non-hydrogen) atoms. The molecule has 2 atom stereocenters. The minimum atomic E-state index is 0.0978. The van der Waals surface area contributed by atoms with E-state index in [0.29, 0.717) is 5.92 Å². The summed E-state index contributed by atoms with van der Waals surface area (Å²) in [6.07, 6.45) is 1.04. The molecule has 0 radical (unpaired) electrons. The average molecular weight is 184 g/mol. The molecule has 1 aliphatic heterocycles. The number of piperidine rings is 1. The lowest BCUT2D eigenvalue weighted by Gasteiger charge is -2.35. The Morgan fingerprint density at radius 2 is 2.15 bits per heavy atom. The Kier molecular flexibility index (Phi) is 3.31. The van der Waals surface area contributed by atoms with Crippen LogP contribution in [0.5, 0.6) is 0 Å². The monoisotopic (exact) mass is 184 g/mol. The highest BCUT2D eigenvalue weighted by atomic mass is 16.2. The Balaban J connectivity index is 2.50. The van der Waals surface area contributed by atoms with Crippen molar-refractivity contribution in [3.8, 4) is 0 Å². The Morgan fingerprint density at radius 1 is 1.54 bits per heavy atom. The van der Waals surface area contributed by atoms with Gasteiger partial charge in [-0.2, -0.15) is 0 Å². The van der Waals surface area contributed by atoms with Crippen LogP contribution in [0.4, 0.5) is 0 Å². The molecular weight excluding hydrogens is 164 g/mol. The molecule has 2 unspecified atom stereocenters. The SMILES string of the molecule is CC(C)C(=O)N1CCC(C)C(N)C1. The second-order valence-corrected chi connectivity index (χ2v) is 4.37. The average Bonchev–Trinajstić information content (AvgIpc) is 2.08. The molecule has 1 aliphatic rings. The van der Waals surface area contributed by atoms with Crippen LogP contribution in [0.25, 0.3) is 0 Å². The third kappa shape index (κ3) is 2.44. The zero-order valence-corrected chi connectivity index (χ0v) is 8.79. The zero-order valence-electron chi connectivity index (χ0n) is 8.79. The van der Waals surface area contributed by atoms with Crippen molar-refractivity contribution in [1.29, 1.82) is 0 Å². The zero-order chi connectivity index (χ0) is 10.0. The van der Waals surface area contributed by atoms with Crippen LogP contribution in [-0.4, -0.2) is 29.9 Å². The van der Waals surface area contributed by atoms with Crippen LogP contribution in [0.15, 0.2) is 0 Å². The lowest BCUT2D eigenvalue weighted by atomic mass is 9.93. The summed E-state index contributed by atoms with van der Waals surface area (Å²) in [5.74, 6) is 0.888. The number of nitrogens with zero attached hydrogens (tertiary/aromatic N) is 1. The molecule has 0 aromatic heterocycles. The van der Waals surface area contributed by atoms with Gasteiger partial charge in [0.15, 0.2) is 0 Å². The number of amides is 1. The number of carbonyl (C=O) groups is 1. The molecule has 0 aromatic carbocycles. The van der Waals surface area contributed by atoms with E-state index in [9.17, 15) is 4.79 Å². The molecule has 2 N–H and O–H groups in total. The highest BCUT2D eigenvalue weighted by molar-refractivity contribution is 5.78. The lowest BCUT2D eigenvalue weighted by molar-refractivity contribution is -0.136. The fourth-order valence-corrected chi connectivity index (χ4v) is 1.66. The Hall–Kier alpha value is -0.570. The van der Waals surface area contributed by atoms with E-state index in [1.807, 2.05) is 18.7 Å². The standard InChI is InChI=1S/C10H20N2O/c1-7(2)10(13)12-5-4-8(3)9(11)6-12/h7-9H,4-6,11H2,1-3H3. The molecule has 1 heterocycles. The van der Waals surface area contributed by atoms with Gasteiger partial charge in [-0.05, 0) is 12.3 Å². The van der Waals surface area contributed by atoms with Crippen molar-refractivity contribution in [3.05, 3.63) is 0 Å². The number of nitrogens with two attached hydrogens (primary N) is 1. The van der Waals surface area contributed by atoms with Crippen LogP contribution in [0.1, 0.15) is 27.2 Å². The largest absolute Gasteiger partial charge is 0.341 e. The summed E-state index contributed by atoms with van der Waals surface area (Å²) in [4.78, 5) is 13.5. The summed E-state index contributed by atoms with van der Waals surface area (Å²) >= 11 is 0. The number of hydrogen-bond donors (Lipinski definition) is 1. The van der Waals surface area contributed by atoms with E-state index in [2.05, 4.69) is 6.92 Å². The summed E-state index contributed by atoms with van der Waals surface area (Å²) in [6, 6.07) is 0.163. The van der Waals surface area contributed by atoms with Gasteiger partial charge in [-0.15, -0.1) is 0 Å². The van der Waals surface area contributed by atoms with Crippen LogP contribution < -0.4 is 5.73 Å². The smallest absolute Gasteiger partial charge is 0.225 e. The van der Waals surface area contributed by atoms with Gasteiger partial charge in [0.05, 0.1) is 0 Å². The maximum atomic E-state index is 11.6. The summed E-state index contributed by atoms with van der Waals surface area (Å²) in [5.41, 5.74) is 5.91. The van der Waals surface area contributed by atoms with Gasteiger partial charge < -0.3 is 10.6 Å². The summed E-state index contributed by atoms with van der Waals surface area (Å²) in [6.45, 7) is 7.64. The van der Waals surface area contributed by atoms with Crippen molar-refractivity contribution >= 4 is 5.91 Å². The molecule has 0 bridgehead atoms. The quantitative estimate of drug-likeness (QED) is 0.656. The molecule has 1 rings (SSSR count). The van der Waals surface area contributed by atoms with Gasteiger partial charge in [-0.1, -0.05) is 20.8 Å². The normalized spacial score (nSPS) is 29.5. The maximum Gasteiger partial charge on any atom is 0.225 e. The second-order valence-electron chi connectivity index (χ2n) is 4.37. The summed E-state index contributed by atoms with van der Waals surface area (Å²) in [5, 5.41) is 0. The van der Waals surface area contributed by atoms with Gasteiger partial charge in [-0.3, -0.25) is 4.79 Å². The molecule has 1 fully saturated rings. The Labute approximate surface area is 80.3 Å². The second kappa shape index (κ2) is 4.09. The van der Waals surface area contributed by atoms with Crippen molar-refractivity contribution in [2.75, 3.05) is 13.1 Å². The van der Waals surface area contributed by atoms with E-state index in [1.54, 1.807) is 0 Å². The van der Waals surface area contributed by atoms with Crippen LogP contribution in [0.2, 0.25) is 0 Å². The number of carbonyl (C=O) groups excluding carboxylic acids is 1. The highest BCUT2D eigenvalue weighted by Gasteiger charge is 2.27. The fourth-order valence-electron chi connectivity index (χ4n) is 1.66. The van der Waals surface area contributed by atoms with Crippen molar-refractivity contribution < 1.29 is 4.79 Å². The van der Waals surface area contributed by atoms with E-state index < -0.39 is 0 Å². The lowest BCUT2D eigenvalue weighted by Crippen LogP contribution is -2.50. The van der Waals surface area contributed by atoms with Crippen LogP contribution in [-0.2, 0) is 4.79 Å². The van der Waals surface area contributed by atoms with Crippen molar-refractivity contribution in [1.82, 2.24) is 4.90 Å². The molecule has 0 aromatic rings. The predicted octanol–water partition coefficient (Wildman–Crippen LogP) is 0.838. The van der Waals surface area contributed by atoms with Gasteiger partial charge in [0.25, 0.3) is 0 Å². The minimum Gasteiger partial charge on any atom is -0.341 e. The van der Waals surface area contributed by atoms with Crippen molar-refractivity contribution in [3.63, 3.8) is 0 Å².